The van der Waals surface area contributed by atoms with E-state index in [4.69, 9.17) is 0 Å². The Kier molecular flexibility index (Phi) is 5.97. The second kappa shape index (κ2) is 8.21. The first-order chi connectivity index (χ1) is 12.4. The van der Waals surface area contributed by atoms with Crippen molar-refractivity contribution in [3.8, 4) is 0 Å². The van der Waals surface area contributed by atoms with E-state index in [9.17, 15) is 4.79 Å². The number of carbonyl (C=O) groups is 1. The van der Waals surface area contributed by atoms with Crippen LogP contribution in [0.3, 0.4) is 0 Å². The highest BCUT2D eigenvalue weighted by Crippen LogP contribution is 2.25. The van der Waals surface area contributed by atoms with Crippen LogP contribution < -0.4 is 5.32 Å². The molecule has 1 N–H and O–H groups in total. The number of benzene rings is 1. The first-order valence-electron chi connectivity index (χ1n) is 9.29. The van der Waals surface area contributed by atoms with Crippen LogP contribution in [0.25, 0.3) is 0 Å². The quantitative estimate of drug-likeness (QED) is 0.632. The molecule has 26 heavy (non-hydrogen) atoms. The third-order valence-corrected chi connectivity index (χ3v) is 6.04. The van der Waals surface area contributed by atoms with E-state index in [-0.39, 0.29) is 11.9 Å². The Morgan fingerprint density at radius 2 is 1.77 bits per heavy atom. The Morgan fingerprint density at radius 3 is 2.46 bits per heavy atom. The molecule has 1 aromatic carbocycles. The highest BCUT2D eigenvalue weighted by atomic mass is 32.2. The van der Waals surface area contributed by atoms with Crippen molar-refractivity contribution in [1.82, 2.24) is 15.3 Å². The molecule has 1 heterocycles. The van der Waals surface area contributed by atoms with Crippen LogP contribution in [0.15, 0.2) is 23.4 Å². The first kappa shape index (κ1) is 18.9. The van der Waals surface area contributed by atoms with E-state index in [1.165, 1.54) is 47.7 Å². The van der Waals surface area contributed by atoms with E-state index < -0.39 is 0 Å². The number of carbonyl (C=O) groups excluding carboxylic acids is 1. The number of fused-ring (bicyclic) bond motifs is 1. The fourth-order valence-corrected chi connectivity index (χ4v) is 4.07. The van der Waals surface area contributed by atoms with Gasteiger partial charge in [0.05, 0.1) is 11.8 Å². The fraction of sp³-hybridized carbons (Fsp3) is 0.476. The van der Waals surface area contributed by atoms with Crippen LogP contribution >= 0.6 is 11.8 Å². The molecule has 5 heteroatoms. The molecular formula is C21H27N3OS. The van der Waals surface area contributed by atoms with Gasteiger partial charge in [0.2, 0.25) is 5.91 Å². The largest absolute Gasteiger partial charge is 0.349 e. The van der Waals surface area contributed by atoms with Crippen LogP contribution in [0.2, 0.25) is 0 Å². The number of thioether (sulfide) groups is 1. The molecule has 1 amide bonds. The zero-order valence-electron chi connectivity index (χ0n) is 16.1. The minimum Gasteiger partial charge on any atom is -0.349 e. The summed E-state index contributed by atoms with van der Waals surface area (Å²) in [6.07, 6.45) is 4.89. The molecular weight excluding hydrogens is 342 g/mol. The number of rotatable bonds is 5. The Bertz CT molecular complexity index is 796. The maximum Gasteiger partial charge on any atom is 0.230 e. The van der Waals surface area contributed by atoms with E-state index in [2.05, 4.69) is 33.5 Å². The molecule has 0 bridgehead atoms. The van der Waals surface area contributed by atoms with Gasteiger partial charge in [-0.2, -0.15) is 0 Å². The van der Waals surface area contributed by atoms with E-state index in [0.29, 0.717) is 10.9 Å². The van der Waals surface area contributed by atoms with Gasteiger partial charge in [0.1, 0.15) is 0 Å². The van der Waals surface area contributed by atoms with Gasteiger partial charge < -0.3 is 5.32 Å². The van der Waals surface area contributed by atoms with Gasteiger partial charge in [0.25, 0.3) is 0 Å². The van der Waals surface area contributed by atoms with E-state index in [0.717, 1.165) is 23.4 Å². The average Bonchev–Trinajstić information content (AvgIpc) is 2.63. The molecule has 3 rings (SSSR count). The molecule has 0 radical (unpaired) electrons. The lowest BCUT2D eigenvalue weighted by Crippen LogP contribution is -2.28. The lowest BCUT2D eigenvalue weighted by molar-refractivity contribution is -0.119. The number of hydrogen-bond donors (Lipinski definition) is 1. The molecule has 1 aliphatic rings. The molecule has 0 fully saturated rings. The Balaban J connectivity index is 1.58. The van der Waals surface area contributed by atoms with Crippen LogP contribution in [0.1, 0.15) is 59.4 Å². The SMILES string of the molecule is Cc1nc(SCC(=O)N[C@@H](C)c2ccc3c(c2)CCCC3)nc(C)c1C. The van der Waals surface area contributed by atoms with Crippen LogP contribution in [0, 0.1) is 20.8 Å². The van der Waals surface area contributed by atoms with Gasteiger partial charge in [0, 0.05) is 11.4 Å². The van der Waals surface area contributed by atoms with E-state index in [1.54, 1.807) is 0 Å². The standard InChI is InChI=1S/C21H27N3OS/c1-13-14(2)23-21(24-15(13)3)26-12-20(25)22-16(4)18-10-9-17-7-5-6-8-19(17)11-18/h9-11,16H,5-8,12H2,1-4H3,(H,22,25)/t16-/m0/s1. The molecule has 4 nitrogen and oxygen atoms in total. The highest BCUT2D eigenvalue weighted by molar-refractivity contribution is 7.99. The lowest BCUT2D eigenvalue weighted by Gasteiger charge is -2.20. The zero-order valence-corrected chi connectivity index (χ0v) is 16.9. The van der Waals surface area contributed by atoms with Gasteiger partial charge >= 0.3 is 0 Å². The summed E-state index contributed by atoms with van der Waals surface area (Å²) >= 11 is 1.39. The number of aryl methyl sites for hydroxylation is 4. The molecule has 0 unspecified atom stereocenters. The maximum absolute atomic E-state index is 12.3. The smallest absolute Gasteiger partial charge is 0.230 e. The van der Waals surface area contributed by atoms with Crippen molar-refractivity contribution >= 4 is 17.7 Å². The Labute approximate surface area is 160 Å². The minimum atomic E-state index is 0.0118. The predicted octanol–water partition coefficient (Wildman–Crippen LogP) is 4.25. The number of amides is 1. The summed E-state index contributed by atoms with van der Waals surface area (Å²) in [7, 11) is 0. The van der Waals surface area contributed by atoms with Crippen molar-refractivity contribution in [3.05, 3.63) is 51.8 Å². The molecule has 0 spiro atoms. The van der Waals surface area contributed by atoms with Crippen LogP contribution in [0.5, 0.6) is 0 Å². The van der Waals surface area contributed by atoms with Gasteiger partial charge in [-0.3, -0.25) is 4.79 Å². The normalized spacial score (nSPS) is 14.6. The van der Waals surface area contributed by atoms with Crippen LogP contribution in [0.4, 0.5) is 0 Å². The summed E-state index contributed by atoms with van der Waals surface area (Å²) in [6, 6.07) is 6.66. The maximum atomic E-state index is 12.3. The number of nitrogens with zero attached hydrogens (tertiary/aromatic N) is 2. The molecule has 1 atom stereocenters. The predicted molar refractivity (Wildman–Crippen MR) is 107 cm³/mol. The number of aromatic nitrogens is 2. The fourth-order valence-electron chi connectivity index (χ4n) is 3.33. The van der Waals surface area contributed by atoms with Gasteiger partial charge in [-0.15, -0.1) is 0 Å². The van der Waals surface area contributed by atoms with Gasteiger partial charge in [0.15, 0.2) is 5.16 Å². The number of nitrogens with one attached hydrogen (secondary N) is 1. The second-order valence-electron chi connectivity index (χ2n) is 7.12. The summed E-state index contributed by atoms with van der Waals surface area (Å²) in [5, 5.41) is 3.77. The van der Waals surface area contributed by atoms with Gasteiger partial charge in [-0.1, -0.05) is 30.0 Å². The molecule has 1 aliphatic carbocycles. The van der Waals surface area contributed by atoms with Crippen molar-refractivity contribution in [1.29, 1.82) is 0 Å². The summed E-state index contributed by atoms with van der Waals surface area (Å²) in [4.78, 5) is 21.3. The van der Waals surface area contributed by atoms with Crippen molar-refractivity contribution in [2.24, 2.45) is 0 Å². The lowest BCUT2D eigenvalue weighted by atomic mass is 9.89. The molecule has 0 saturated carbocycles. The van der Waals surface area contributed by atoms with Crippen molar-refractivity contribution in [2.45, 2.75) is 64.6 Å². The average molecular weight is 370 g/mol. The summed E-state index contributed by atoms with van der Waals surface area (Å²) in [6.45, 7) is 8.02. The van der Waals surface area contributed by atoms with E-state index in [1.807, 2.05) is 27.7 Å². The van der Waals surface area contributed by atoms with E-state index >= 15 is 0 Å². The van der Waals surface area contributed by atoms with Crippen molar-refractivity contribution < 1.29 is 4.79 Å². The Morgan fingerprint density at radius 1 is 1.12 bits per heavy atom. The van der Waals surface area contributed by atoms with Gasteiger partial charge in [-0.05, 0) is 75.6 Å². The summed E-state index contributed by atoms with van der Waals surface area (Å²) in [5.41, 5.74) is 7.16. The summed E-state index contributed by atoms with van der Waals surface area (Å²) in [5.74, 6) is 0.344. The van der Waals surface area contributed by atoms with Crippen LogP contribution in [-0.4, -0.2) is 21.6 Å². The third-order valence-electron chi connectivity index (χ3n) is 5.19. The molecule has 1 aromatic heterocycles. The van der Waals surface area contributed by atoms with Crippen molar-refractivity contribution in [3.63, 3.8) is 0 Å². The summed E-state index contributed by atoms with van der Waals surface area (Å²) < 4.78 is 0. The molecule has 0 aliphatic heterocycles. The highest BCUT2D eigenvalue weighted by Gasteiger charge is 2.15. The zero-order chi connectivity index (χ0) is 18.7. The number of hydrogen-bond acceptors (Lipinski definition) is 4. The minimum absolute atomic E-state index is 0.0118. The monoisotopic (exact) mass is 369 g/mol. The van der Waals surface area contributed by atoms with Gasteiger partial charge in [-0.25, -0.2) is 9.97 Å². The molecule has 0 saturated heterocycles. The molecule has 2 aromatic rings. The van der Waals surface area contributed by atoms with Crippen molar-refractivity contribution in [2.75, 3.05) is 5.75 Å². The second-order valence-corrected chi connectivity index (χ2v) is 8.06. The van der Waals surface area contributed by atoms with Crippen LogP contribution in [-0.2, 0) is 17.6 Å². The molecule has 138 valence electrons. The Hall–Kier alpha value is -1.88. The first-order valence-corrected chi connectivity index (χ1v) is 10.3. The third kappa shape index (κ3) is 4.44. The topological polar surface area (TPSA) is 54.9 Å².